The fraction of sp³-hybridized carbons (Fsp3) is 0.619. The molecule has 4 saturated carbocycles. The molecule has 10 nitrogen and oxygen atoms in total. The second-order valence-corrected chi connectivity index (χ2v) is 17.4. The number of fused-ring (bicyclic) bond motifs is 3. The van der Waals surface area contributed by atoms with Gasteiger partial charge in [-0.25, -0.2) is 14.8 Å². The molecule has 2 amide bonds. The van der Waals surface area contributed by atoms with Crippen LogP contribution in [0.2, 0.25) is 0 Å². The summed E-state index contributed by atoms with van der Waals surface area (Å²) >= 11 is 0. The lowest BCUT2D eigenvalue weighted by Crippen LogP contribution is -2.52. The highest BCUT2D eigenvalue weighted by molar-refractivity contribution is 5.95. The van der Waals surface area contributed by atoms with Crippen molar-refractivity contribution in [3.05, 3.63) is 59.8 Å². The summed E-state index contributed by atoms with van der Waals surface area (Å²) in [5.74, 6) is 2.15. The average molecular weight is 715 g/mol. The van der Waals surface area contributed by atoms with Gasteiger partial charge in [-0.3, -0.25) is 9.69 Å². The SMILES string of the molecule is COc1ccc(C23CCC(CN(C(=O)C4CCC(OC(=O)NCCC(C)(C)O)CC4)c4cc(-c5coc(C(C)(C)C)n5)ccn4)(CC2)CC3)cc1C. The molecule has 0 spiro atoms. The van der Waals surface area contributed by atoms with Gasteiger partial charge in [0.2, 0.25) is 5.91 Å². The van der Waals surface area contributed by atoms with Crippen LogP contribution in [0.5, 0.6) is 5.75 Å². The summed E-state index contributed by atoms with van der Waals surface area (Å²) in [6.45, 7) is 12.7. The van der Waals surface area contributed by atoms with Crippen molar-refractivity contribution < 1.29 is 28.6 Å². The monoisotopic (exact) mass is 714 g/mol. The van der Waals surface area contributed by atoms with Crippen LogP contribution in [-0.4, -0.2) is 59.0 Å². The van der Waals surface area contributed by atoms with Gasteiger partial charge in [-0.15, -0.1) is 0 Å². The third-order valence-electron chi connectivity index (χ3n) is 11.9. The minimum absolute atomic E-state index is 0.0193. The van der Waals surface area contributed by atoms with E-state index in [4.69, 9.17) is 23.9 Å². The van der Waals surface area contributed by atoms with E-state index in [1.165, 1.54) is 11.1 Å². The van der Waals surface area contributed by atoms with Crippen LogP contribution >= 0.6 is 0 Å². The predicted molar refractivity (Wildman–Crippen MR) is 201 cm³/mol. The number of carbonyl (C=O) groups excluding carboxylic acids is 2. The highest BCUT2D eigenvalue weighted by Crippen LogP contribution is 2.58. The molecule has 7 rings (SSSR count). The number of hydrogen-bond acceptors (Lipinski definition) is 8. The summed E-state index contributed by atoms with van der Waals surface area (Å²) in [5, 5.41) is 12.7. The van der Waals surface area contributed by atoms with Crippen LogP contribution in [0.3, 0.4) is 0 Å². The van der Waals surface area contributed by atoms with Gasteiger partial charge in [-0.1, -0.05) is 32.9 Å². The zero-order valence-corrected chi connectivity index (χ0v) is 32.2. The van der Waals surface area contributed by atoms with Gasteiger partial charge in [-0.05, 0) is 132 Å². The molecule has 3 aromatic rings. The molecule has 4 aliphatic carbocycles. The summed E-state index contributed by atoms with van der Waals surface area (Å²) in [6.07, 6.45) is 12.2. The van der Waals surface area contributed by atoms with E-state index in [0.717, 1.165) is 55.5 Å². The number of ether oxygens (including phenoxy) is 2. The molecule has 2 heterocycles. The van der Waals surface area contributed by atoms with Crippen LogP contribution in [0, 0.1) is 18.3 Å². The molecule has 0 radical (unpaired) electrons. The molecule has 0 aliphatic heterocycles. The molecule has 1 aromatic carbocycles. The standard InChI is InChI=1S/C42H58N4O6/c1-28-24-31(10-13-34(28)50-7)42-18-15-41(16-19-42,17-20-42)27-46(35-25-30(14-22-43-35)33-26-51-37(45-33)39(2,3)4)36(47)29-8-11-32(12-9-29)52-38(48)44-23-21-40(5,6)49/h10,13-14,22,24-26,29,32,49H,8-9,11-12,15-21,23,27H2,1-7H3,(H,44,48). The Morgan fingerprint density at radius 3 is 2.29 bits per heavy atom. The Morgan fingerprint density at radius 2 is 1.69 bits per heavy atom. The Hall–Kier alpha value is -3.92. The van der Waals surface area contributed by atoms with Gasteiger partial charge in [-0.2, -0.15) is 0 Å². The molecule has 10 heteroatoms. The van der Waals surface area contributed by atoms with E-state index in [2.05, 4.69) is 51.2 Å². The topological polar surface area (TPSA) is 127 Å². The first kappa shape index (κ1) is 37.8. The summed E-state index contributed by atoms with van der Waals surface area (Å²) < 4.78 is 17.1. The number of hydrogen-bond donors (Lipinski definition) is 2. The molecule has 2 N–H and O–H groups in total. The van der Waals surface area contributed by atoms with E-state index in [1.54, 1.807) is 33.4 Å². The quantitative estimate of drug-likeness (QED) is 0.203. The molecule has 4 aliphatic rings. The highest BCUT2D eigenvalue weighted by atomic mass is 16.6. The molecular formula is C42H58N4O6. The van der Waals surface area contributed by atoms with Crippen LogP contribution in [0.4, 0.5) is 10.6 Å². The second kappa shape index (κ2) is 14.8. The Morgan fingerprint density at radius 1 is 1.00 bits per heavy atom. The number of amides is 2. The van der Waals surface area contributed by atoms with Crippen LogP contribution in [0.25, 0.3) is 11.3 Å². The zero-order chi connectivity index (χ0) is 37.3. The van der Waals surface area contributed by atoms with E-state index in [9.17, 15) is 14.7 Å². The number of methoxy groups -OCH3 is 1. The van der Waals surface area contributed by atoms with E-state index in [1.807, 2.05) is 17.0 Å². The maximum atomic E-state index is 14.7. The Balaban J connectivity index is 1.19. The first-order valence-electron chi connectivity index (χ1n) is 19.1. The number of anilines is 1. The zero-order valence-electron chi connectivity index (χ0n) is 32.2. The molecular weight excluding hydrogens is 656 g/mol. The Labute approximate surface area is 309 Å². The molecule has 0 saturated heterocycles. The maximum Gasteiger partial charge on any atom is 0.407 e. The van der Waals surface area contributed by atoms with Crippen molar-refractivity contribution in [2.45, 2.75) is 135 Å². The van der Waals surface area contributed by atoms with E-state index in [-0.39, 0.29) is 34.2 Å². The van der Waals surface area contributed by atoms with Gasteiger partial charge in [0.1, 0.15) is 29.6 Å². The number of pyridine rings is 1. The van der Waals surface area contributed by atoms with Crippen molar-refractivity contribution >= 4 is 17.8 Å². The van der Waals surface area contributed by atoms with Gasteiger partial charge in [0.25, 0.3) is 0 Å². The number of carbonyl (C=O) groups is 2. The van der Waals surface area contributed by atoms with Crippen molar-refractivity contribution in [1.29, 1.82) is 0 Å². The first-order valence-corrected chi connectivity index (χ1v) is 19.1. The summed E-state index contributed by atoms with van der Waals surface area (Å²) in [7, 11) is 1.73. The number of rotatable bonds is 11. The number of nitrogens with zero attached hydrogens (tertiary/aromatic N) is 3. The van der Waals surface area contributed by atoms with Crippen molar-refractivity contribution in [2.75, 3.05) is 25.1 Å². The molecule has 0 atom stereocenters. The molecule has 282 valence electrons. The predicted octanol–water partition coefficient (Wildman–Crippen LogP) is 8.42. The van der Waals surface area contributed by atoms with Crippen LogP contribution in [0.15, 0.2) is 47.2 Å². The fourth-order valence-electron chi connectivity index (χ4n) is 8.54. The largest absolute Gasteiger partial charge is 0.496 e. The van der Waals surface area contributed by atoms with Gasteiger partial charge >= 0.3 is 6.09 Å². The lowest BCUT2D eigenvalue weighted by atomic mass is 9.51. The third kappa shape index (κ3) is 8.48. The average Bonchev–Trinajstić information content (AvgIpc) is 3.63. The Kier molecular flexibility index (Phi) is 10.8. The third-order valence-corrected chi connectivity index (χ3v) is 11.9. The first-order chi connectivity index (χ1) is 24.6. The van der Waals surface area contributed by atoms with Gasteiger partial charge < -0.3 is 24.3 Å². The van der Waals surface area contributed by atoms with Gasteiger partial charge in [0.15, 0.2) is 5.89 Å². The number of aliphatic hydroxyl groups is 1. The van der Waals surface area contributed by atoms with E-state index in [0.29, 0.717) is 56.9 Å². The summed E-state index contributed by atoms with van der Waals surface area (Å²) in [4.78, 5) is 38.7. The van der Waals surface area contributed by atoms with Gasteiger partial charge in [0.05, 0.1) is 12.7 Å². The van der Waals surface area contributed by atoms with Crippen LogP contribution in [-0.2, 0) is 20.4 Å². The van der Waals surface area contributed by atoms with Crippen molar-refractivity contribution in [2.24, 2.45) is 11.3 Å². The minimum atomic E-state index is -0.857. The van der Waals surface area contributed by atoms with Crippen molar-refractivity contribution in [3.63, 3.8) is 0 Å². The lowest BCUT2D eigenvalue weighted by molar-refractivity contribution is -0.124. The van der Waals surface area contributed by atoms with Gasteiger partial charge in [0, 0.05) is 36.2 Å². The van der Waals surface area contributed by atoms with E-state index < -0.39 is 11.7 Å². The minimum Gasteiger partial charge on any atom is -0.496 e. The molecule has 2 aromatic heterocycles. The maximum absolute atomic E-state index is 14.7. The number of benzene rings is 1. The number of aromatic nitrogens is 2. The van der Waals surface area contributed by atoms with Crippen LogP contribution < -0.4 is 15.0 Å². The summed E-state index contributed by atoms with van der Waals surface area (Å²) in [5.41, 5.74) is 3.29. The molecule has 4 fully saturated rings. The summed E-state index contributed by atoms with van der Waals surface area (Å²) in [6, 6.07) is 10.6. The normalized spacial score (nSPS) is 24.7. The number of aryl methyl sites for hydroxylation is 1. The second-order valence-electron chi connectivity index (χ2n) is 17.4. The number of alkyl carbamates (subject to hydrolysis) is 1. The van der Waals surface area contributed by atoms with Crippen molar-refractivity contribution in [1.82, 2.24) is 15.3 Å². The molecule has 2 bridgehead atoms. The molecule has 52 heavy (non-hydrogen) atoms. The number of nitrogens with one attached hydrogen (secondary N) is 1. The lowest BCUT2D eigenvalue weighted by Gasteiger charge is -2.55. The molecule has 0 unspecified atom stereocenters. The smallest absolute Gasteiger partial charge is 0.407 e. The highest BCUT2D eigenvalue weighted by Gasteiger charge is 2.51. The Bertz CT molecular complexity index is 1700. The number of oxazole rings is 1. The van der Waals surface area contributed by atoms with Crippen LogP contribution in [0.1, 0.15) is 122 Å². The van der Waals surface area contributed by atoms with Crippen molar-refractivity contribution in [3.8, 4) is 17.0 Å². The fourth-order valence-corrected chi connectivity index (χ4v) is 8.54. The van der Waals surface area contributed by atoms with E-state index >= 15 is 0 Å².